The van der Waals surface area contributed by atoms with Crippen LogP contribution < -0.4 is 11.3 Å². The Morgan fingerprint density at radius 3 is 2.65 bits per heavy atom. The number of hydrogen-bond donors (Lipinski definition) is 2. The minimum atomic E-state index is 0.135. The third-order valence-electron chi connectivity index (χ3n) is 4.19. The third kappa shape index (κ3) is 2.92. The lowest BCUT2D eigenvalue weighted by atomic mass is 9.73. The van der Waals surface area contributed by atoms with Gasteiger partial charge in [-0.05, 0) is 58.7 Å². The molecule has 2 rings (SSSR count). The highest BCUT2D eigenvalue weighted by Crippen LogP contribution is 2.40. The van der Waals surface area contributed by atoms with E-state index in [1.165, 1.54) is 19.3 Å². The molecular weight excluding hydrogens is 280 g/mol. The van der Waals surface area contributed by atoms with Crippen molar-refractivity contribution in [1.82, 2.24) is 5.43 Å². The van der Waals surface area contributed by atoms with Gasteiger partial charge in [0, 0.05) is 0 Å². The molecule has 96 valence electrons. The lowest BCUT2D eigenvalue weighted by Gasteiger charge is -2.35. The Morgan fingerprint density at radius 2 is 2.12 bits per heavy atom. The molecule has 1 heterocycles. The molecule has 3 N–H and O–H groups in total. The maximum Gasteiger partial charge on any atom is 0.169 e. The van der Waals surface area contributed by atoms with Crippen molar-refractivity contribution in [3.05, 3.63) is 22.6 Å². The minimum Gasteiger partial charge on any atom is -0.453 e. The molecule has 0 saturated heterocycles. The molecule has 1 aromatic rings. The molecule has 1 aliphatic rings. The average molecular weight is 301 g/mol. The predicted octanol–water partition coefficient (Wildman–Crippen LogP) is 3.62. The Kier molecular flexibility index (Phi) is 4.28. The summed E-state index contributed by atoms with van der Waals surface area (Å²) in [6, 6.07) is 4.06. The maximum absolute atomic E-state index is 5.70. The second-order valence-electron chi connectivity index (χ2n) is 5.31. The molecule has 4 atom stereocenters. The van der Waals surface area contributed by atoms with Crippen LogP contribution in [0.15, 0.2) is 21.2 Å². The van der Waals surface area contributed by atoms with E-state index < -0.39 is 0 Å². The van der Waals surface area contributed by atoms with Crippen LogP contribution in [-0.4, -0.2) is 0 Å². The van der Waals surface area contributed by atoms with Gasteiger partial charge in [-0.2, -0.15) is 0 Å². The van der Waals surface area contributed by atoms with Gasteiger partial charge in [0.05, 0.1) is 6.04 Å². The summed E-state index contributed by atoms with van der Waals surface area (Å²) in [5.41, 5.74) is 2.92. The van der Waals surface area contributed by atoms with Crippen molar-refractivity contribution in [3.8, 4) is 0 Å². The van der Waals surface area contributed by atoms with Crippen LogP contribution in [0.25, 0.3) is 0 Å². The van der Waals surface area contributed by atoms with Crippen LogP contribution in [0.3, 0.4) is 0 Å². The minimum absolute atomic E-state index is 0.135. The highest BCUT2D eigenvalue weighted by atomic mass is 79.9. The fourth-order valence-electron chi connectivity index (χ4n) is 2.84. The summed E-state index contributed by atoms with van der Waals surface area (Å²) in [6.45, 7) is 4.68. The SMILES string of the molecule is CC1CCC(C(NN)c2ccc(Br)o2)CC1C. The van der Waals surface area contributed by atoms with Gasteiger partial charge in [0.1, 0.15) is 5.76 Å². The number of furan rings is 1. The highest BCUT2D eigenvalue weighted by Gasteiger charge is 2.31. The van der Waals surface area contributed by atoms with Gasteiger partial charge in [-0.25, -0.2) is 5.43 Å². The van der Waals surface area contributed by atoms with Crippen molar-refractivity contribution in [1.29, 1.82) is 0 Å². The molecule has 1 aliphatic carbocycles. The number of halogens is 1. The summed E-state index contributed by atoms with van der Waals surface area (Å²) in [5.74, 6) is 8.80. The van der Waals surface area contributed by atoms with E-state index in [2.05, 4.69) is 35.2 Å². The number of nitrogens with two attached hydrogens (primary N) is 1. The smallest absolute Gasteiger partial charge is 0.169 e. The van der Waals surface area contributed by atoms with E-state index in [-0.39, 0.29) is 6.04 Å². The van der Waals surface area contributed by atoms with Gasteiger partial charge in [0.25, 0.3) is 0 Å². The van der Waals surface area contributed by atoms with Crippen LogP contribution in [0, 0.1) is 17.8 Å². The largest absolute Gasteiger partial charge is 0.453 e. The number of hydrazine groups is 1. The van der Waals surface area contributed by atoms with Crippen LogP contribution in [0.2, 0.25) is 0 Å². The topological polar surface area (TPSA) is 51.2 Å². The summed E-state index contributed by atoms with van der Waals surface area (Å²) in [4.78, 5) is 0. The van der Waals surface area contributed by atoms with Crippen LogP contribution >= 0.6 is 15.9 Å². The molecule has 1 fully saturated rings. The molecule has 3 nitrogen and oxygen atoms in total. The summed E-state index contributed by atoms with van der Waals surface area (Å²) >= 11 is 3.34. The summed E-state index contributed by atoms with van der Waals surface area (Å²) in [6.07, 6.45) is 3.72. The van der Waals surface area contributed by atoms with Crippen LogP contribution in [-0.2, 0) is 0 Å². The molecule has 17 heavy (non-hydrogen) atoms. The predicted molar refractivity (Wildman–Crippen MR) is 72.1 cm³/mol. The van der Waals surface area contributed by atoms with Crippen LogP contribution in [0.5, 0.6) is 0 Å². The Labute approximate surface area is 111 Å². The number of hydrogen-bond acceptors (Lipinski definition) is 3. The van der Waals surface area contributed by atoms with E-state index in [0.717, 1.165) is 22.3 Å². The fourth-order valence-corrected chi connectivity index (χ4v) is 3.16. The second kappa shape index (κ2) is 5.55. The van der Waals surface area contributed by atoms with Crippen molar-refractivity contribution < 1.29 is 4.42 Å². The molecule has 0 bridgehead atoms. The zero-order chi connectivity index (χ0) is 12.4. The molecule has 4 heteroatoms. The van der Waals surface area contributed by atoms with Gasteiger partial charge in [-0.15, -0.1) is 0 Å². The Morgan fingerprint density at radius 1 is 1.35 bits per heavy atom. The Bertz CT molecular complexity index is 366. The summed E-state index contributed by atoms with van der Waals surface area (Å²) in [7, 11) is 0. The monoisotopic (exact) mass is 300 g/mol. The van der Waals surface area contributed by atoms with Gasteiger partial charge >= 0.3 is 0 Å². The first-order valence-corrected chi connectivity index (χ1v) is 7.12. The van der Waals surface area contributed by atoms with Crippen molar-refractivity contribution >= 4 is 15.9 Å². The Hall–Kier alpha value is -0.320. The first-order chi connectivity index (χ1) is 8.11. The first-order valence-electron chi connectivity index (χ1n) is 6.33. The molecule has 0 spiro atoms. The average Bonchev–Trinajstić information content (AvgIpc) is 2.71. The number of rotatable bonds is 3. The molecule has 4 unspecified atom stereocenters. The maximum atomic E-state index is 5.70. The van der Waals surface area contributed by atoms with E-state index in [4.69, 9.17) is 10.3 Å². The van der Waals surface area contributed by atoms with Gasteiger partial charge in [0.2, 0.25) is 0 Å². The van der Waals surface area contributed by atoms with Gasteiger partial charge in [-0.1, -0.05) is 20.3 Å². The third-order valence-corrected chi connectivity index (χ3v) is 4.62. The molecule has 1 saturated carbocycles. The first kappa shape index (κ1) is 13.1. The van der Waals surface area contributed by atoms with E-state index in [0.29, 0.717) is 5.92 Å². The van der Waals surface area contributed by atoms with E-state index in [1.54, 1.807) is 0 Å². The normalized spacial score (nSPS) is 31.4. The summed E-state index contributed by atoms with van der Waals surface area (Å²) in [5, 5.41) is 0. The molecular formula is C13H21BrN2O. The quantitative estimate of drug-likeness (QED) is 0.662. The highest BCUT2D eigenvalue weighted by molar-refractivity contribution is 9.10. The lowest BCUT2D eigenvalue weighted by molar-refractivity contribution is 0.160. The van der Waals surface area contributed by atoms with Gasteiger partial charge in [0.15, 0.2) is 4.67 Å². The van der Waals surface area contributed by atoms with E-state index in [1.807, 2.05) is 12.1 Å². The zero-order valence-corrected chi connectivity index (χ0v) is 12.0. The molecule has 0 aromatic carbocycles. The van der Waals surface area contributed by atoms with Gasteiger partial charge < -0.3 is 4.42 Å². The standard InChI is InChI=1S/C13H21BrN2O/c1-8-3-4-10(7-9(8)2)13(16-15)11-5-6-12(14)17-11/h5-6,8-10,13,16H,3-4,7,15H2,1-2H3. The van der Waals surface area contributed by atoms with Crippen LogP contribution in [0.1, 0.15) is 44.9 Å². The summed E-state index contributed by atoms with van der Waals surface area (Å²) < 4.78 is 6.39. The van der Waals surface area contributed by atoms with Crippen molar-refractivity contribution in [2.45, 2.75) is 39.2 Å². The van der Waals surface area contributed by atoms with Crippen molar-refractivity contribution in [3.63, 3.8) is 0 Å². The zero-order valence-electron chi connectivity index (χ0n) is 10.4. The molecule has 1 aromatic heterocycles. The lowest BCUT2D eigenvalue weighted by Crippen LogP contribution is -2.36. The van der Waals surface area contributed by atoms with E-state index >= 15 is 0 Å². The van der Waals surface area contributed by atoms with Crippen molar-refractivity contribution in [2.75, 3.05) is 0 Å². The fraction of sp³-hybridized carbons (Fsp3) is 0.692. The van der Waals surface area contributed by atoms with Gasteiger partial charge in [-0.3, -0.25) is 5.84 Å². The molecule has 0 radical (unpaired) electrons. The van der Waals surface area contributed by atoms with E-state index in [9.17, 15) is 0 Å². The van der Waals surface area contributed by atoms with Crippen LogP contribution in [0.4, 0.5) is 0 Å². The Balaban J connectivity index is 2.08. The second-order valence-corrected chi connectivity index (χ2v) is 6.10. The molecule has 0 aliphatic heterocycles. The molecule has 0 amide bonds. The number of nitrogens with one attached hydrogen (secondary N) is 1. The van der Waals surface area contributed by atoms with Crippen molar-refractivity contribution in [2.24, 2.45) is 23.6 Å².